The van der Waals surface area contributed by atoms with Gasteiger partial charge < -0.3 is 15.8 Å². The summed E-state index contributed by atoms with van der Waals surface area (Å²) in [5.74, 6) is -0.0389. The Kier molecular flexibility index (Phi) is 5.09. The van der Waals surface area contributed by atoms with Crippen LogP contribution in [0.3, 0.4) is 0 Å². The van der Waals surface area contributed by atoms with E-state index in [-0.39, 0.29) is 0 Å². The van der Waals surface area contributed by atoms with Gasteiger partial charge in [0.15, 0.2) is 0 Å². The van der Waals surface area contributed by atoms with Crippen LogP contribution < -0.4 is 15.8 Å². The smallest absolute Gasteiger partial charge is 0.244 e. The topological polar surface area (TPSA) is 64.3 Å². The molecule has 0 radical (unpaired) electrons. The van der Waals surface area contributed by atoms with Crippen LogP contribution in [0.25, 0.3) is 0 Å². The lowest BCUT2D eigenvalue weighted by atomic mass is 10.0. The molecule has 1 amide bonds. The van der Waals surface area contributed by atoms with Crippen LogP contribution >= 0.6 is 27.5 Å². The molecule has 2 aromatic rings. The lowest BCUT2D eigenvalue weighted by Gasteiger charge is -2.21. The summed E-state index contributed by atoms with van der Waals surface area (Å²) in [7, 11) is 1.52. The van der Waals surface area contributed by atoms with Crippen molar-refractivity contribution in [2.45, 2.75) is 6.04 Å². The molecule has 0 fully saturated rings. The van der Waals surface area contributed by atoms with E-state index < -0.39 is 11.9 Å². The van der Waals surface area contributed by atoms with Crippen molar-refractivity contribution < 1.29 is 9.53 Å². The summed E-state index contributed by atoms with van der Waals surface area (Å²) in [6, 6.07) is 11.8. The Labute approximate surface area is 136 Å². The molecule has 0 spiro atoms. The molecule has 3 N–H and O–H groups in total. The van der Waals surface area contributed by atoms with Gasteiger partial charge in [0, 0.05) is 15.7 Å². The zero-order valence-corrected chi connectivity index (χ0v) is 13.6. The number of methoxy groups -OCH3 is 1. The van der Waals surface area contributed by atoms with Crippen LogP contribution in [0.4, 0.5) is 5.69 Å². The average molecular weight is 370 g/mol. The molecule has 1 unspecified atom stereocenters. The molecule has 0 aliphatic heterocycles. The molecule has 110 valence electrons. The maximum Gasteiger partial charge on any atom is 0.244 e. The van der Waals surface area contributed by atoms with Crippen molar-refractivity contribution in [3.05, 3.63) is 57.5 Å². The first-order chi connectivity index (χ1) is 10.0. The SMILES string of the molecule is COc1cccc(Cl)c1C(Nc1ccccc1Br)C(N)=O. The van der Waals surface area contributed by atoms with Crippen LogP contribution in [-0.4, -0.2) is 13.0 Å². The molecule has 21 heavy (non-hydrogen) atoms. The highest BCUT2D eigenvalue weighted by molar-refractivity contribution is 9.10. The van der Waals surface area contributed by atoms with Crippen molar-refractivity contribution in [2.75, 3.05) is 12.4 Å². The minimum Gasteiger partial charge on any atom is -0.496 e. The van der Waals surface area contributed by atoms with Crippen LogP contribution in [0.2, 0.25) is 5.02 Å². The molecule has 0 aromatic heterocycles. The summed E-state index contributed by atoms with van der Waals surface area (Å²) in [6.07, 6.45) is 0. The Morgan fingerprint density at radius 2 is 2.00 bits per heavy atom. The molecular formula is C15H14BrClN2O2. The number of benzene rings is 2. The Morgan fingerprint density at radius 3 is 2.62 bits per heavy atom. The van der Waals surface area contributed by atoms with E-state index in [1.54, 1.807) is 18.2 Å². The van der Waals surface area contributed by atoms with E-state index >= 15 is 0 Å². The molecule has 0 heterocycles. The lowest BCUT2D eigenvalue weighted by Crippen LogP contribution is -2.28. The Morgan fingerprint density at radius 1 is 1.29 bits per heavy atom. The second kappa shape index (κ2) is 6.83. The van der Waals surface area contributed by atoms with Crippen molar-refractivity contribution in [3.8, 4) is 5.75 Å². The number of primary amides is 1. The van der Waals surface area contributed by atoms with Gasteiger partial charge in [0.05, 0.1) is 12.1 Å². The number of hydrogen-bond donors (Lipinski definition) is 2. The summed E-state index contributed by atoms with van der Waals surface area (Å²) in [5.41, 5.74) is 6.79. The number of carbonyl (C=O) groups is 1. The van der Waals surface area contributed by atoms with Gasteiger partial charge in [0.2, 0.25) is 5.91 Å². The van der Waals surface area contributed by atoms with Crippen molar-refractivity contribution >= 4 is 39.1 Å². The summed E-state index contributed by atoms with van der Waals surface area (Å²) in [4.78, 5) is 11.9. The monoisotopic (exact) mass is 368 g/mol. The van der Waals surface area contributed by atoms with E-state index in [9.17, 15) is 4.79 Å². The number of carbonyl (C=O) groups excluding carboxylic acids is 1. The minimum absolute atomic E-state index is 0.415. The maximum absolute atomic E-state index is 11.9. The third-order valence-electron chi connectivity index (χ3n) is 2.98. The van der Waals surface area contributed by atoms with Crippen molar-refractivity contribution in [1.82, 2.24) is 0 Å². The number of para-hydroxylation sites is 1. The second-order valence-corrected chi connectivity index (χ2v) is 5.58. The third-order valence-corrected chi connectivity index (χ3v) is 4.00. The number of nitrogens with two attached hydrogens (primary N) is 1. The number of hydrogen-bond acceptors (Lipinski definition) is 3. The zero-order chi connectivity index (χ0) is 15.4. The molecule has 4 nitrogen and oxygen atoms in total. The van der Waals surface area contributed by atoms with Gasteiger partial charge in [-0.15, -0.1) is 0 Å². The first-order valence-electron chi connectivity index (χ1n) is 6.17. The summed E-state index contributed by atoms with van der Waals surface area (Å²) >= 11 is 9.64. The molecule has 0 aliphatic rings. The molecule has 0 saturated carbocycles. The van der Waals surface area contributed by atoms with Gasteiger partial charge in [-0.25, -0.2) is 0 Å². The number of nitrogens with one attached hydrogen (secondary N) is 1. The van der Waals surface area contributed by atoms with E-state index in [4.69, 9.17) is 22.1 Å². The number of ether oxygens (including phenoxy) is 1. The fourth-order valence-electron chi connectivity index (χ4n) is 1.99. The highest BCUT2D eigenvalue weighted by Gasteiger charge is 2.25. The number of rotatable bonds is 5. The van der Waals surface area contributed by atoms with Crippen LogP contribution in [0.15, 0.2) is 46.9 Å². The Balaban J connectivity index is 2.46. The van der Waals surface area contributed by atoms with Crippen molar-refractivity contribution in [2.24, 2.45) is 5.73 Å². The van der Waals surface area contributed by atoms with Crippen LogP contribution in [0.5, 0.6) is 5.75 Å². The van der Waals surface area contributed by atoms with Gasteiger partial charge in [0.25, 0.3) is 0 Å². The first-order valence-corrected chi connectivity index (χ1v) is 7.34. The van der Waals surface area contributed by atoms with Crippen LogP contribution in [0, 0.1) is 0 Å². The normalized spacial score (nSPS) is 11.8. The fraction of sp³-hybridized carbons (Fsp3) is 0.133. The van der Waals surface area contributed by atoms with Gasteiger partial charge >= 0.3 is 0 Å². The van der Waals surface area contributed by atoms with Gasteiger partial charge in [-0.05, 0) is 40.2 Å². The number of halogens is 2. The quantitative estimate of drug-likeness (QED) is 0.843. The minimum atomic E-state index is -0.799. The first kappa shape index (κ1) is 15.7. The highest BCUT2D eigenvalue weighted by atomic mass is 79.9. The van der Waals surface area contributed by atoms with E-state index in [0.717, 1.165) is 10.2 Å². The molecular weight excluding hydrogens is 356 g/mol. The second-order valence-electron chi connectivity index (χ2n) is 4.32. The van der Waals surface area contributed by atoms with Gasteiger partial charge in [-0.3, -0.25) is 4.79 Å². The largest absolute Gasteiger partial charge is 0.496 e. The number of amides is 1. The standard InChI is InChI=1S/C15H14BrClN2O2/c1-21-12-8-4-6-10(17)13(12)14(15(18)20)19-11-7-3-2-5-9(11)16/h2-8,14,19H,1H3,(H2,18,20). The van der Waals surface area contributed by atoms with E-state index in [1.807, 2.05) is 24.3 Å². The van der Waals surface area contributed by atoms with Crippen LogP contribution in [-0.2, 0) is 4.79 Å². The molecule has 0 aliphatic carbocycles. The lowest BCUT2D eigenvalue weighted by molar-refractivity contribution is -0.118. The summed E-state index contributed by atoms with van der Waals surface area (Å²) in [5, 5.41) is 3.51. The van der Waals surface area contributed by atoms with E-state index in [1.165, 1.54) is 7.11 Å². The summed E-state index contributed by atoms with van der Waals surface area (Å²) in [6.45, 7) is 0. The van der Waals surface area contributed by atoms with Gasteiger partial charge in [-0.2, -0.15) is 0 Å². The molecule has 0 bridgehead atoms. The molecule has 2 rings (SSSR count). The zero-order valence-electron chi connectivity index (χ0n) is 11.3. The molecule has 1 atom stereocenters. The predicted octanol–water partition coefficient (Wildman–Crippen LogP) is 3.75. The average Bonchev–Trinajstić information content (AvgIpc) is 2.46. The predicted molar refractivity (Wildman–Crippen MR) is 87.7 cm³/mol. The maximum atomic E-state index is 11.9. The van der Waals surface area contributed by atoms with Crippen molar-refractivity contribution in [3.63, 3.8) is 0 Å². The van der Waals surface area contributed by atoms with Gasteiger partial charge in [-0.1, -0.05) is 29.8 Å². The van der Waals surface area contributed by atoms with E-state index in [0.29, 0.717) is 16.3 Å². The Hall–Kier alpha value is -1.72. The molecule has 2 aromatic carbocycles. The van der Waals surface area contributed by atoms with Gasteiger partial charge in [0.1, 0.15) is 11.8 Å². The highest BCUT2D eigenvalue weighted by Crippen LogP contribution is 2.35. The van der Waals surface area contributed by atoms with Crippen molar-refractivity contribution in [1.29, 1.82) is 0 Å². The number of anilines is 1. The fourth-order valence-corrected chi connectivity index (χ4v) is 2.67. The Bertz CT molecular complexity index is 664. The summed E-state index contributed by atoms with van der Waals surface area (Å²) < 4.78 is 6.10. The van der Waals surface area contributed by atoms with Crippen LogP contribution in [0.1, 0.15) is 11.6 Å². The third kappa shape index (κ3) is 3.49. The molecule has 6 heteroatoms. The molecule has 0 saturated heterocycles. The van der Waals surface area contributed by atoms with E-state index in [2.05, 4.69) is 21.2 Å².